The maximum absolute atomic E-state index is 12.1. The van der Waals surface area contributed by atoms with E-state index in [2.05, 4.69) is 4.72 Å². The lowest BCUT2D eigenvalue weighted by atomic mass is 9.98. The van der Waals surface area contributed by atoms with Crippen LogP contribution in [0, 0.1) is 0 Å². The second kappa shape index (κ2) is 4.36. The van der Waals surface area contributed by atoms with E-state index < -0.39 is 10.2 Å². The number of benzene rings is 2. The largest absolute Gasteiger partial charge is 0.302 e. The average Bonchev–Trinajstić information content (AvgIpc) is 2.44. The Labute approximate surface area is 112 Å². The molecule has 0 radical (unpaired) electrons. The highest BCUT2D eigenvalue weighted by molar-refractivity contribution is 7.91. The number of hydrogen-bond acceptors (Lipinski definition) is 2. The molecule has 4 nitrogen and oxygen atoms in total. The van der Waals surface area contributed by atoms with Gasteiger partial charge in [0.1, 0.15) is 0 Å². The maximum Gasteiger partial charge on any atom is 0.302 e. The summed E-state index contributed by atoms with van der Waals surface area (Å²) in [5.41, 5.74) is 2.62. The van der Waals surface area contributed by atoms with Crippen molar-refractivity contribution < 1.29 is 8.42 Å². The van der Waals surface area contributed by atoms with Crippen LogP contribution in [-0.2, 0) is 10.2 Å². The topological polar surface area (TPSA) is 49.4 Å². The van der Waals surface area contributed by atoms with E-state index in [9.17, 15) is 8.42 Å². The van der Waals surface area contributed by atoms with Crippen molar-refractivity contribution in [2.24, 2.45) is 0 Å². The zero-order chi connectivity index (χ0) is 13.5. The normalized spacial score (nSPS) is 20.9. The minimum absolute atomic E-state index is 0.335. The van der Waals surface area contributed by atoms with E-state index in [4.69, 9.17) is 0 Å². The molecule has 2 aromatic carbocycles. The molecule has 3 rings (SSSR count). The van der Waals surface area contributed by atoms with Crippen LogP contribution in [-0.4, -0.2) is 15.5 Å². The SMILES string of the molecule is CN1c2ccccc2C(c2ccccc2)NS1(=O)=O. The van der Waals surface area contributed by atoms with Crippen LogP contribution in [0.3, 0.4) is 0 Å². The molecule has 1 aliphatic heterocycles. The van der Waals surface area contributed by atoms with Crippen LogP contribution in [0.25, 0.3) is 0 Å². The first-order valence-corrected chi connectivity index (χ1v) is 7.43. The Kier molecular flexibility index (Phi) is 2.80. The van der Waals surface area contributed by atoms with Crippen LogP contribution < -0.4 is 9.03 Å². The van der Waals surface area contributed by atoms with Crippen LogP contribution in [0.2, 0.25) is 0 Å². The first kappa shape index (κ1) is 12.2. The van der Waals surface area contributed by atoms with E-state index in [1.54, 1.807) is 7.05 Å². The van der Waals surface area contributed by atoms with Gasteiger partial charge in [-0.3, -0.25) is 4.31 Å². The number of nitrogens with one attached hydrogen (secondary N) is 1. The third kappa shape index (κ3) is 2.01. The molecule has 0 aromatic heterocycles. The molecule has 19 heavy (non-hydrogen) atoms. The second-order valence-electron chi connectivity index (χ2n) is 4.49. The molecule has 0 aliphatic carbocycles. The summed E-state index contributed by atoms with van der Waals surface area (Å²) in [6, 6.07) is 16.8. The summed E-state index contributed by atoms with van der Waals surface area (Å²) in [6.45, 7) is 0. The van der Waals surface area contributed by atoms with Crippen LogP contribution in [0.15, 0.2) is 54.6 Å². The molecule has 0 saturated heterocycles. The molecule has 1 N–H and O–H groups in total. The summed E-state index contributed by atoms with van der Waals surface area (Å²) >= 11 is 0. The van der Waals surface area contributed by atoms with Crippen LogP contribution in [0.1, 0.15) is 17.2 Å². The van der Waals surface area contributed by atoms with Crippen molar-refractivity contribution in [1.29, 1.82) is 0 Å². The zero-order valence-corrected chi connectivity index (χ0v) is 11.3. The number of rotatable bonds is 1. The Balaban J connectivity index is 2.20. The third-order valence-electron chi connectivity index (χ3n) is 3.35. The van der Waals surface area contributed by atoms with E-state index >= 15 is 0 Å². The fourth-order valence-electron chi connectivity index (χ4n) is 2.33. The predicted molar refractivity (Wildman–Crippen MR) is 75.2 cm³/mol. The zero-order valence-electron chi connectivity index (χ0n) is 10.4. The lowest BCUT2D eigenvalue weighted by molar-refractivity contribution is 0.564. The molecule has 1 aliphatic rings. The molecular weight excluding hydrogens is 260 g/mol. The fraction of sp³-hybridized carbons (Fsp3) is 0.143. The predicted octanol–water partition coefficient (Wildman–Crippen LogP) is 2.06. The van der Waals surface area contributed by atoms with Gasteiger partial charge in [-0.25, -0.2) is 0 Å². The highest BCUT2D eigenvalue weighted by atomic mass is 32.2. The molecule has 1 atom stereocenters. The van der Waals surface area contributed by atoms with E-state index in [-0.39, 0.29) is 6.04 Å². The summed E-state index contributed by atoms with van der Waals surface area (Å²) in [5, 5.41) is 0. The monoisotopic (exact) mass is 274 g/mol. The van der Waals surface area contributed by atoms with E-state index in [1.807, 2.05) is 54.6 Å². The van der Waals surface area contributed by atoms with Gasteiger partial charge in [-0.2, -0.15) is 13.1 Å². The summed E-state index contributed by atoms with van der Waals surface area (Å²) < 4.78 is 28.3. The van der Waals surface area contributed by atoms with Gasteiger partial charge < -0.3 is 0 Å². The van der Waals surface area contributed by atoms with Crippen molar-refractivity contribution in [3.63, 3.8) is 0 Å². The van der Waals surface area contributed by atoms with Crippen molar-refractivity contribution >= 4 is 15.9 Å². The van der Waals surface area contributed by atoms with E-state index in [0.717, 1.165) is 16.8 Å². The van der Waals surface area contributed by atoms with E-state index in [0.29, 0.717) is 0 Å². The number of anilines is 1. The number of hydrogen-bond donors (Lipinski definition) is 1. The number of para-hydroxylation sites is 1. The van der Waals surface area contributed by atoms with Crippen LogP contribution >= 0.6 is 0 Å². The maximum atomic E-state index is 12.1. The number of nitrogens with zero attached hydrogens (tertiary/aromatic N) is 1. The van der Waals surface area contributed by atoms with Crippen molar-refractivity contribution in [2.75, 3.05) is 11.4 Å². The molecule has 0 spiro atoms. The average molecular weight is 274 g/mol. The lowest BCUT2D eigenvalue weighted by Crippen LogP contribution is -2.45. The highest BCUT2D eigenvalue weighted by Gasteiger charge is 2.33. The van der Waals surface area contributed by atoms with Gasteiger partial charge in [-0.15, -0.1) is 0 Å². The van der Waals surface area contributed by atoms with Gasteiger partial charge >= 0.3 is 10.2 Å². The summed E-state index contributed by atoms with van der Waals surface area (Å²) in [7, 11) is -1.93. The van der Waals surface area contributed by atoms with Crippen LogP contribution in [0.5, 0.6) is 0 Å². The molecule has 0 amide bonds. The molecule has 0 saturated carbocycles. The Bertz CT molecular complexity index is 698. The lowest BCUT2D eigenvalue weighted by Gasteiger charge is -2.33. The molecule has 2 aromatic rings. The Hall–Kier alpha value is -1.85. The van der Waals surface area contributed by atoms with Gasteiger partial charge in [-0.05, 0) is 17.2 Å². The summed E-state index contributed by atoms with van der Waals surface area (Å²) in [4.78, 5) is 0. The van der Waals surface area contributed by atoms with Gasteiger partial charge in [-0.1, -0.05) is 48.5 Å². The van der Waals surface area contributed by atoms with Crippen molar-refractivity contribution in [1.82, 2.24) is 4.72 Å². The minimum atomic E-state index is -3.49. The van der Waals surface area contributed by atoms with Crippen molar-refractivity contribution in [3.8, 4) is 0 Å². The molecule has 1 heterocycles. The minimum Gasteiger partial charge on any atom is -0.261 e. The molecule has 1 unspecified atom stereocenters. The quantitative estimate of drug-likeness (QED) is 0.865. The fourth-order valence-corrected chi connectivity index (χ4v) is 3.48. The standard InChI is InChI=1S/C14H14N2O2S/c1-16-13-10-6-5-9-12(13)14(15-19(16,17)18)11-7-3-2-4-8-11/h2-10,14-15H,1H3. The first-order valence-electron chi connectivity index (χ1n) is 5.99. The summed E-state index contributed by atoms with van der Waals surface area (Å²) in [6.07, 6.45) is 0. The highest BCUT2D eigenvalue weighted by Crippen LogP contribution is 2.35. The van der Waals surface area contributed by atoms with Gasteiger partial charge in [0.15, 0.2) is 0 Å². The Morgan fingerprint density at radius 2 is 1.63 bits per heavy atom. The summed E-state index contributed by atoms with van der Waals surface area (Å²) in [5.74, 6) is 0. The third-order valence-corrected chi connectivity index (χ3v) is 4.80. The molecule has 5 heteroatoms. The van der Waals surface area contributed by atoms with Gasteiger partial charge in [0, 0.05) is 7.05 Å². The van der Waals surface area contributed by atoms with Gasteiger partial charge in [0.2, 0.25) is 0 Å². The van der Waals surface area contributed by atoms with E-state index in [1.165, 1.54) is 4.31 Å². The van der Waals surface area contributed by atoms with Crippen molar-refractivity contribution in [2.45, 2.75) is 6.04 Å². The number of fused-ring (bicyclic) bond motifs is 1. The van der Waals surface area contributed by atoms with Crippen LogP contribution in [0.4, 0.5) is 5.69 Å². The van der Waals surface area contributed by atoms with Gasteiger partial charge in [0.05, 0.1) is 11.7 Å². The van der Waals surface area contributed by atoms with Gasteiger partial charge in [0.25, 0.3) is 0 Å². The second-order valence-corrected chi connectivity index (χ2v) is 6.23. The Morgan fingerprint density at radius 1 is 1.00 bits per heavy atom. The molecule has 0 bridgehead atoms. The molecular formula is C14H14N2O2S. The first-order chi connectivity index (χ1) is 9.09. The molecule has 98 valence electrons. The Morgan fingerprint density at radius 3 is 2.37 bits per heavy atom. The smallest absolute Gasteiger partial charge is 0.261 e. The molecule has 0 fully saturated rings. The van der Waals surface area contributed by atoms with Crippen molar-refractivity contribution in [3.05, 3.63) is 65.7 Å².